The van der Waals surface area contributed by atoms with Gasteiger partial charge in [-0.15, -0.1) is 0 Å². The van der Waals surface area contributed by atoms with Gasteiger partial charge in [0.05, 0.1) is 27.8 Å². The number of amides is 1. The highest BCUT2D eigenvalue weighted by atomic mass is 16.7. The second kappa shape index (κ2) is 9.18. The third-order valence-corrected chi connectivity index (χ3v) is 4.58. The molecule has 0 unspecified atom stereocenters. The van der Waals surface area contributed by atoms with Crippen LogP contribution in [0, 0.1) is 0 Å². The van der Waals surface area contributed by atoms with Crippen molar-refractivity contribution >= 4 is 11.9 Å². The number of rotatable bonds is 8. The standard InChI is InChI=1S/C21H23NO7/c1-25-17-7-5-14(15(20(17)27-3)11-19(23)26-2)21(24)22-9-8-13-4-6-16-18(10-13)29-12-28-16/h4-7,10H,8-9,11-12H2,1-3H3,(H,22,24). The van der Waals surface area contributed by atoms with E-state index in [1.165, 1.54) is 21.3 Å². The molecule has 3 rings (SSSR count). The molecular weight excluding hydrogens is 378 g/mol. The normalized spacial score (nSPS) is 11.7. The molecule has 8 heteroatoms. The largest absolute Gasteiger partial charge is 0.493 e. The van der Waals surface area contributed by atoms with Gasteiger partial charge in [0.15, 0.2) is 23.0 Å². The maximum atomic E-state index is 12.8. The number of carbonyl (C=O) groups is 2. The first kappa shape index (κ1) is 20.3. The maximum absolute atomic E-state index is 12.8. The third kappa shape index (κ3) is 4.53. The molecule has 29 heavy (non-hydrogen) atoms. The quantitative estimate of drug-likeness (QED) is 0.678. The predicted molar refractivity (Wildman–Crippen MR) is 104 cm³/mol. The van der Waals surface area contributed by atoms with Gasteiger partial charge in [0.25, 0.3) is 5.91 Å². The molecule has 0 saturated heterocycles. The summed E-state index contributed by atoms with van der Waals surface area (Å²) in [7, 11) is 4.24. The van der Waals surface area contributed by atoms with Gasteiger partial charge in [0, 0.05) is 17.7 Å². The number of esters is 1. The molecule has 0 radical (unpaired) electrons. The molecule has 1 aliphatic rings. The summed E-state index contributed by atoms with van der Waals surface area (Å²) in [5.41, 5.74) is 1.76. The number of ether oxygens (including phenoxy) is 5. The Morgan fingerprint density at radius 2 is 1.83 bits per heavy atom. The fourth-order valence-electron chi connectivity index (χ4n) is 3.11. The van der Waals surface area contributed by atoms with Crippen molar-refractivity contribution in [1.82, 2.24) is 5.32 Å². The van der Waals surface area contributed by atoms with Crippen LogP contribution in [0.5, 0.6) is 23.0 Å². The molecule has 0 saturated carbocycles. The molecule has 1 N–H and O–H groups in total. The molecule has 2 aromatic carbocycles. The molecule has 154 valence electrons. The lowest BCUT2D eigenvalue weighted by Crippen LogP contribution is -2.27. The van der Waals surface area contributed by atoms with Crippen molar-refractivity contribution in [2.75, 3.05) is 34.7 Å². The molecule has 1 heterocycles. The number of carbonyl (C=O) groups excluding carboxylic acids is 2. The fraction of sp³-hybridized carbons (Fsp3) is 0.333. The Morgan fingerprint density at radius 1 is 1.03 bits per heavy atom. The summed E-state index contributed by atoms with van der Waals surface area (Å²) in [4.78, 5) is 24.6. The Bertz CT molecular complexity index is 910. The number of hydrogen-bond donors (Lipinski definition) is 1. The van der Waals surface area contributed by atoms with Crippen molar-refractivity contribution in [1.29, 1.82) is 0 Å². The number of hydrogen-bond acceptors (Lipinski definition) is 7. The summed E-state index contributed by atoms with van der Waals surface area (Å²) >= 11 is 0. The lowest BCUT2D eigenvalue weighted by atomic mass is 10.0. The zero-order valence-electron chi connectivity index (χ0n) is 16.6. The highest BCUT2D eigenvalue weighted by molar-refractivity contribution is 5.98. The molecule has 0 spiro atoms. The van der Waals surface area contributed by atoms with Crippen LogP contribution in [0.1, 0.15) is 21.5 Å². The van der Waals surface area contributed by atoms with E-state index >= 15 is 0 Å². The van der Waals surface area contributed by atoms with Crippen molar-refractivity contribution in [3.8, 4) is 23.0 Å². The van der Waals surface area contributed by atoms with E-state index in [1.54, 1.807) is 12.1 Å². The topological polar surface area (TPSA) is 92.3 Å². The van der Waals surface area contributed by atoms with Crippen molar-refractivity contribution in [2.45, 2.75) is 12.8 Å². The van der Waals surface area contributed by atoms with Crippen LogP contribution in [0.4, 0.5) is 0 Å². The highest BCUT2D eigenvalue weighted by Crippen LogP contribution is 2.34. The summed E-state index contributed by atoms with van der Waals surface area (Å²) in [6.45, 7) is 0.627. The van der Waals surface area contributed by atoms with Crippen molar-refractivity contribution in [3.05, 3.63) is 47.0 Å². The van der Waals surface area contributed by atoms with Crippen LogP contribution in [0.15, 0.2) is 30.3 Å². The monoisotopic (exact) mass is 401 g/mol. The smallest absolute Gasteiger partial charge is 0.310 e. The molecular formula is C21H23NO7. The Balaban J connectivity index is 1.73. The first-order chi connectivity index (χ1) is 14.1. The zero-order chi connectivity index (χ0) is 20.8. The van der Waals surface area contributed by atoms with E-state index in [-0.39, 0.29) is 19.1 Å². The highest BCUT2D eigenvalue weighted by Gasteiger charge is 2.22. The van der Waals surface area contributed by atoms with Gasteiger partial charge in [-0.05, 0) is 36.2 Å². The maximum Gasteiger partial charge on any atom is 0.310 e. The Labute approximate surface area is 168 Å². The first-order valence-corrected chi connectivity index (χ1v) is 9.04. The van der Waals surface area contributed by atoms with Gasteiger partial charge in [-0.25, -0.2) is 0 Å². The number of methoxy groups -OCH3 is 3. The van der Waals surface area contributed by atoms with Crippen molar-refractivity contribution in [3.63, 3.8) is 0 Å². The van der Waals surface area contributed by atoms with Crippen LogP contribution in [0.2, 0.25) is 0 Å². The van der Waals surface area contributed by atoms with Gasteiger partial charge >= 0.3 is 5.97 Å². The van der Waals surface area contributed by atoms with Crippen LogP contribution in [-0.2, 0) is 22.4 Å². The molecule has 0 fully saturated rings. The Kier molecular flexibility index (Phi) is 6.43. The van der Waals surface area contributed by atoms with Gasteiger partial charge in [-0.1, -0.05) is 6.07 Å². The molecule has 0 atom stereocenters. The van der Waals surface area contributed by atoms with Crippen LogP contribution in [-0.4, -0.2) is 46.5 Å². The van der Waals surface area contributed by atoms with E-state index in [1.807, 2.05) is 18.2 Å². The molecule has 2 aromatic rings. The molecule has 0 bridgehead atoms. The molecule has 1 amide bonds. The van der Waals surface area contributed by atoms with Crippen LogP contribution < -0.4 is 24.3 Å². The lowest BCUT2D eigenvalue weighted by molar-refractivity contribution is -0.139. The van der Waals surface area contributed by atoms with Gasteiger partial charge < -0.3 is 29.0 Å². The minimum absolute atomic E-state index is 0.109. The van der Waals surface area contributed by atoms with E-state index < -0.39 is 5.97 Å². The van der Waals surface area contributed by atoms with Gasteiger partial charge in [-0.2, -0.15) is 0 Å². The molecule has 8 nitrogen and oxygen atoms in total. The van der Waals surface area contributed by atoms with E-state index in [0.717, 1.165) is 11.3 Å². The van der Waals surface area contributed by atoms with E-state index in [4.69, 9.17) is 23.7 Å². The van der Waals surface area contributed by atoms with Gasteiger partial charge in [0.1, 0.15) is 0 Å². The van der Waals surface area contributed by atoms with E-state index in [0.29, 0.717) is 41.3 Å². The Morgan fingerprint density at radius 3 is 2.55 bits per heavy atom. The van der Waals surface area contributed by atoms with Gasteiger partial charge in [0.2, 0.25) is 6.79 Å². The zero-order valence-corrected chi connectivity index (χ0v) is 16.6. The summed E-state index contributed by atoms with van der Waals surface area (Å²) < 4.78 is 26.1. The summed E-state index contributed by atoms with van der Waals surface area (Å²) in [5, 5.41) is 2.88. The van der Waals surface area contributed by atoms with Crippen LogP contribution in [0.25, 0.3) is 0 Å². The summed E-state index contributed by atoms with van der Waals surface area (Å²) in [6, 6.07) is 8.91. The SMILES string of the molecule is COC(=O)Cc1c(C(=O)NCCc2ccc3c(c2)OCO3)ccc(OC)c1OC. The number of fused-ring (bicyclic) bond motifs is 1. The van der Waals surface area contributed by atoms with Crippen LogP contribution in [0.3, 0.4) is 0 Å². The second-order valence-corrected chi connectivity index (χ2v) is 6.27. The third-order valence-electron chi connectivity index (χ3n) is 4.58. The average Bonchev–Trinajstić information content (AvgIpc) is 3.20. The predicted octanol–water partition coefficient (Wildman–Crippen LogP) is 2.12. The minimum Gasteiger partial charge on any atom is -0.493 e. The van der Waals surface area contributed by atoms with Crippen LogP contribution >= 0.6 is 0 Å². The van der Waals surface area contributed by atoms with E-state index in [2.05, 4.69) is 5.32 Å². The fourth-order valence-corrected chi connectivity index (χ4v) is 3.11. The number of benzene rings is 2. The lowest BCUT2D eigenvalue weighted by Gasteiger charge is -2.16. The summed E-state index contributed by atoms with van der Waals surface area (Å²) in [5.74, 6) is 1.39. The van der Waals surface area contributed by atoms with Crippen molar-refractivity contribution < 1.29 is 33.3 Å². The van der Waals surface area contributed by atoms with Gasteiger partial charge in [-0.3, -0.25) is 9.59 Å². The number of nitrogens with one attached hydrogen (secondary N) is 1. The van der Waals surface area contributed by atoms with E-state index in [9.17, 15) is 9.59 Å². The Hall–Kier alpha value is -3.42. The first-order valence-electron chi connectivity index (χ1n) is 9.04. The second-order valence-electron chi connectivity index (χ2n) is 6.27. The average molecular weight is 401 g/mol. The van der Waals surface area contributed by atoms with Crippen molar-refractivity contribution in [2.24, 2.45) is 0 Å². The molecule has 0 aliphatic carbocycles. The summed E-state index contributed by atoms with van der Waals surface area (Å²) in [6.07, 6.45) is 0.504. The molecule has 1 aliphatic heterocycles. The minimum atomic E-state index is -0.481. The molecule has 0 aromatic heterocycles.